The fourth-order valence-corrected chi connectivity index (χ4v) is 3.09. The predicted octanol–water partition coefficient (Wildman–Crippen LogP) is 3.97. The molecule has 0 radical (unpaired) electrons. The molecule has 0 aromatic carbocycles. The maximum absolute atomic E-state index is 14.1. The van der Waals surface area contributed by atoms with Crippen molar-refractivity contribution in [2.24, 2.45) is 10.8 Å². The van der Waals surface area contributed by atoms with E-state index in [9.17, 15) is 39.9 Å². The molecule has 2 nitrogen and oxygen atoms in total. The lowest BCUT2D eigenvalue weighted by atomic mass is 9.78. The molecule has 0 aliphatic heterocycles. The Balaban J connectivity index is 2.36. The van der Waals surface area contributed by atoms with Crippen LogP contribution < -0.4 is 0 Å². The summed E-state index contributed by atoms with van der Waals surface area (Å²) in [5.41, 5.74) is -4.02. The first-order valence-corrected chi connectivity index (χ1v) is 6.12. The number of hydrogen-bond donors (Lipinski definition) is 1. The second-order valence-corrected chi connectivity index (χ2v) is 5.76. The second kappa shape index (κ2) is 4.35. The SMILES string of the molecule is O=C(O)C12C=CC(C(F)C(F)(F)C(F)(F)C(F)(F)F)(CC1)C2. The zero-order valence-corrected chi connectivity index (χ0v) is 10.7. The van der Waals surface area contributed by atoms with Crippen LogP contribution in [0.15, 0.2) is 12.2 Å². The van der Waals surface area contributed by atoms with Crippen LogP contribution >= 0.6 is 0 Å². The van der Waals surface area contributed by atoms with Gasteiger partial charge in [-0.25, -0.2) is 4.39 Å². The number of rotatable bonds is 4. The first-order valence-electron chi connectivity index (χ1n) is 6.12. The zero-order chi connectivity index (χ0) is 17.2. The Morgan fingerprint density at radius 2 is 1.59 bits per heavy atom. The maximum atomic E-state index is 14.1. The summed E-state index contributed by atoms with van der Waals surface area (Å²) in [6.07, 6.45) is -10.5. The van der Waals surface area contributed by atoms with Gasteiger partial charge in [-0.05, 0) is 19.3 Å². The third kappa shape index (κ3) is 1.95. The van der Waals surface area contributed by atoms with E-state index in [2.05, 4.69) is 0 Å². The van der Waals surface area contributed by atoms with Crippen molar-refractivity contribution in [1.82, 2.24) is 0 Å². The molecular weight excluding hydrogens is 328 g/mol. The van der Waals surface area contributed by atoms with Crippen LogP contribution in [0.4, 0.5) is 35.1 Å². The molecule has 22 heavy (non-hydrogen) atoms. The standard InChI is InChI=1S/C12H10F8O2/c13-6(10(14,15)11(16,17)12(18,19)20)8-1-3-9(5-8,4-2-8)7(21)22/h1,3,6H,2,4-5H2,(H,21,22). The molecule has 0 amide bonds. The molecule has 2 aliphatic rings. The average Bonchev–Trinajstić information content (AvgIpc) is 2.94. The highest BCUT2D eigenvalue weighted by Crippen LogP contribution is 2.63. The van der Waals surface area contributed by atoms with Crippen molar-refractivity contribution in [2.75, 3.05) is 0 Å². The number of aliphatic carboxylic acids is 1. The van der Waals surface area contributed by atoms with E-state index in [1.165, 1.54) is 0 Å². The molecule has 0 heterocycles. The number of carboxylic acid groups (broad SMARTS) is 1. The van der Waals surface area contributed by atoms with Crippen molar-refractivity contribution in [1.29, 1.82) is 0 Å². The minimum absolute atomic E-state index is 0.299. The van der Waals surface area contributed by atoms with Crippen LogP contribution in [0.3, 0.4) is 0 Å². The molecule has 126 valence electrons. The fraction of sp³-hybridized carbons (Fsp3) is 0.750. The van der Waals surface area contributed by atoms with E-state index in [0.717, 1.165) is 6.08 Å². The monoisotopic (exact) mass is 338 g/mol. The van der Waals surface area contributed by atoms with Gasteiger partial charge in [0.05, 0.1) is 5.41 Å². The topological polar surface area (TPSA) is 37.3 Å². The molecular formula is C12H10F8O2. The molecule has 0 spiro atoms. The molecule has 2 aliphatic carbocycles. The molecule has 0 aromatic rings. The lowest BCUT2D eigenvalue weighted by Gasteiger charge is -2.37. The number of halogens is 8. The van der Waals surface area contributed by atoms with Gasteiger partial charge in [0, 0.05) is 5.41 Å². The van der Waals surface area contributed by atoms with Crippen LogP contribution in [0.5, 0.6) is 0 Å². The number of carbonyl (C=O) groups is 1. The van der Waals surface area contributed by atoms with Crippen LogP contribution in [0, 0.1) is 10.8 Å². The quantitative estimate of drug-likeness (QED) is 0.622. The van der Waals surface area contributed by atoms with Gasteiger partial charge < -0.3 is 5.11 Å². The summed E-state index contributed by atoms with van der Waals surface area (Å²) in [4.78, 5) is 11.1. The van der Waals surface area contributed by atoms with E-state index in [4.69, 9.17) is 5.11 Å². The average molecular weight is 338 g/mol. The summed E-state index contributed by atoms with van der Waals surface area (Å²) in [5.74, 6) is -14.0. The predicted molar refractivity (Wildman–Crippen MR) is 56.3 cm³/mol. The van der Waals surface area contributed by atoms with Gasteiger partial charge in [-0.3, -0.25) is 4.79 Å². The zero-order valence-electron chi connectivity index (χ0n) is 10.7. The highest BCUT2D eigenvalue weighted by molar-refractivity contribution is 5.79. The molecule has 1 saturated carbocycles. The molecule has 3 atom stereocenters. The third-order valence-corrected chi connectivity index (χ3v) is 4.44. The van der Waals surface area contributed by atoms with Crippen molar-refractivity contribution in [3.63, 3.8) is 0 Å². The summed E-state index contributed by atoms with van der Waals surface area (Å²) in [5, 5.41) is 8.99. The molecule has 3 unspecified atom stereocenters. The second-order valence-electron chi connectivity index (χ2n) is 5.76. The van der Waals surface area contributed by atoms with Crippen molar-refractivity contribution in [3.05, 3.63) is 12.2 Å². The number of allylic oxidation sites excluding steroid dienone is 1. The minimum Gasteiger partial charge on any atom is -0.481 e. The van der Waals surface area contributed by atoms with Crippen molar-refractivity contribution < 1.29 is 45.0 Å². The van der Waals surface area contributed by atoms with Crippen LogP contribution in [0.25, 0.3) is 0 Å². The van der Waals surface area contributed by atoms with Gasteiger partial charge in [0.15, 0.2) is 6.17 Å². The van der Waals surface area contributed by atoms with Gasteiger partial charge in [0.25, 0.3) is 0 Å². The molecule has 0 saturated heterocycles. The van der Waals surface area contributed by atoms with Gasteiger partial charge in [-0.1, -0.05) is 12.2 Å². The van der Waals surface area contributed by atoms with Crippen molar-refractivity contribution in [2.45, 2.75) is 43.5 Å². The van der Waals surface area contributed by atoms with E-state index in [1.807, 2.05) is 0 Å². The van der Waals surface area contributed by atoms with Crippen molar-refractivity contribution in [3.8, 4) is 0 Å². The molecule has 2 rings (SSSR count). The highest BCUT2D eigenvalue weighted by atomic mass is 19.4. The lowest BCUT2D eigenvalue weighted by Crippen LogP contribution is -2.60. The Kier molecular flexibility index (Phi) is 3.36. The smallest absolute Gasteiger partial charge is 0.459 e. The summed E-state index contributed by atoms with van der Waals surface area (Å²) >= 11 is 0. The van der Waals surface area contributed by atoms with Crippen LogP contribution in [0.1, 0.15) is 19.3 Å². The molecule has 10 heteroatoms. The Morgan fingerprint density at radius 3 is 1.91 bits per heavy atom. The van der Waals surface area contributed by atoms with E-state index in [1.54, 1.807) is 0 Å². The normalized spacial score (nSPS) is 33.3. The number of alkyl halides is 8. The Labute approximate surface area is 118 Å². The highest BCUT2D eigenvalue weighted by Gasteiger charge is 2.79. The first kappa shape index (κ1) is 17.0. The van der Waals surface area contributed by atoms with E-state index in [0.29, 0.717) is 6.08 Å². The van der Waals surface area contributed by atoms with Crippen molar-refractivity contribution >= 4 is 5.97 Å². The van der Waals surface area contributed by atoms with E-state index < -0.39 is 53.8 Å². The lowest BCUT2D eigenvalue weighted by molar-refractivity contribution is -0.371. The van der Waals surface area contributed by atoms with Gasteiger partial charge in [-0.15, -0.1) is 0 Å². The summed E-state index contributed by atoms with van der Waals surface area (Å²) in [6, 6.07) is 0. The van der Waals surface area contributed by atoms with Gasteiger partial charge >= 0.3 is 24.0 Å². The summed E-state index contributed by atoms with van der Waals surface area (Å²) in [6.45, 7) is 0. The molecule has 1 fully saturated rings. The van der Waals surface area contributed by atoms with Crippen LogP contribution in [-0.2, 0) is 4.79 Å². The summed E-state index contributed by atoms with van der Waals surface area (Å²) < 4.78 is 103. The fourth-order valence-electron chi connectivity index (χ4n) is 3.09. The van der Waals surface area contributed by atoms with E-state index in [-0.39, 0.29) is 6.42 Å². The van der Waals surface area contributed by atoms with Crippen LogP contribution in [0.2, 0.25) is 0 Å². The molecule has 0 aromatic heterocycles. The Hall–Kier alpha value is -1.35. The largest absolute Gasteiger partial charge is 0.481 e. The van der Waals surface area contributed by atoms with E-state index >= 15 is 0 Å². The molecule has 1 N–H and O–H groups in total. The number of carboxylic acids is 1. The number of hydrogen-bond acceptors (Lipinski definition) is 1. The Morgan fingerprint density at radius 1 is 1.05 bits per heavy atom. The number of fused-ring (bicyclic) bond motifs is 2. The van der Waals surface area contributed by atoms with Crippen LogP contribution in [-0.4, -0.2) is 35.3 Å². The third-order valence-electron chi connectivity index (χ3n) is 4.44. The van der Waals surface area contributed by atoms with Gasteiger partial charge in [0.1, 0.15) is 0 Å². The van der Waals surface area contributed by atoms with Gasteiger partial charge in [0.2, 0.25) is 0 Å². The first-order chi connectivity index (χ1) is 9.72. The maximum Gasteiger partial charge on any atom is 0.459 e. The minimum atomic E-state index is -6.62. The molecule has 2 bridgehead atoms. The van der Waals surface area contributed by atoms with Gasteiger partial charge in [-0.2, -0.15) is 30.7 Å². The Bertz CT molecular complexity index is 526. The summed E-state index contributed by atoms with van der Waals surface area (Å²) in [7, 11) is 0.